The molecule has 2 amide bonds. The summed E-state index contributed by atoms with van der Waals surface area (Å²) in [5.74, 6) is -0.400. The first-order chi connectivity index (χ1) is 23.7. The molecule has 1 saturated heterocycles. The van der Waals surface area contributed by atoms with Crippen LogP contribution >= 0.6 is 0 Å². The Balaban J connectivity index is 1.21. The van der Waals surface area contributed by atoms with E-state index in [2.05, 4.69) is 9.88 Å². The van der Waals surface area contributed by atoms with Crippen molar-refractivity contribution in [2.24, 2.45) is 5.41 Å². The monoisotopic (exact) mass is 686 g/mol. The Morgan fingerprint density at radius 2 is 1.82 bits per heavy atom. The molecule has 264 valence electrons. The summed E-state index contributed by atoms with van der Waals surface area (Å²) in [7, 11) is 1.74. The molecule has 12 nitrogen and oxygen atoms in total. The number of imidazole rings is 1. The number of pyridine rings is 1. The molecular weight excluding hydrogens is 643 g/mol. The van der Waals surface area contributed by atoms with Gasteiger partial charge in [-0.1, -0.05) is 36.4 Å². The number of hydrogen-bond acceptors (Lipinski definition) is 8. The number of carboxylic acid groups (broad SMARTS) is 1. The first-order valence-electron chi connectivity index (χ1n) is 16.7. The first kappa shape index (κ1) is 34.7. The minimum Gasteiger partial charge on any atom is -0.480 e. The molecule has 0 radical (unpaired) electrons. The second-order valence-electron chi connectivity index (χ2n) is 14.4. The van der Waals surface area contributed by atoms with Crippen LogP contribution in [0.25, 0.3) is 22.3 Å². The molecule has 50 heavy (non-hydrogen) atoms. The third-order valence-electron chi connectivity index (χ3n) is 9.13. The van der Waals surface area contributed by atoms with E-state index in [4.69, 9.17) is 19.4 Å². The van der Waals surface area contributed by atoms with Crippen molar-refractivity contribution in [3.63, 3.8) is 0 Å². The van der Waals surface area contributed by atoms with Crippen LogP contribution in [0.1, 0.15) is 51.4 Å². The summed E-state index contributed by atoms with van der Waals surface area (Å²) in [6, 6.07) is 15.9. The van der Waals surface area contributed by atoms with E-state index >= 15 is 4.39 Å². The summed E-state index contributed by atoms with van der Waals surface area (Å²) in [6.45, 7) is 8.62. The van der Waals surface area contributed by atoms with E-state index in [1.165, 1.54) is 17.0 Å². The number of amides is 2. The van der Waals surface area contributed by atoms with E-state index in [9.17, 15) is 19.5 Å². The van der Waals surface area contributed by atoms with Gasteiger partial charge in [0.2, 0.25) is 0 Å². The van der Waals surface area contributed by atoms with Crippen LogP contribution in [-0.2, 0) is 27.4 Å². The van der Waals surface area contributed by atoms with Crippen LogP contribution in [0.5, 0.6) is 0 Å². The minimum absolute atomic E-state index is 0.0317. The zero-order chi connectivity index (χ0) is 35.8. The molecule has 3 heterocycles. The number of carbonyl (C=O) groups excluding carboxylic acids is 2. The largest absolute Gasteiger partial charge is 0.480 e. The van der Waals surface area contributed by atoms with Gasteiger partial charge in [0.1, 0.15) is 35.7 Å². The van der Waals surface area contributed by atoms with E-state index < -0.39 is 35.6 Å². The predicted octanol–water partition coefficient (Wildman–Crippen LogP) is 6.47. The number of nitrogens with one attached hydrogen (secondary N) is 1. The number of carboxylic acids is 1. The van der Waals surface area contributed by atoms with Crippen LogP contribution in [-0.4, -0.2) is 85.4 Å². The van der Waals surface area contributed by atoms with Crippen molar-refractivity contribution in [2.45, 2.75) is 77.8 Å². The van der Waals surface area contributed by atoms with Gasteiger partial charge >= 0.3 is 18.2 Å². The second-order valence-corrected chi connectivity index (χ2v) is 14.4. The molecule has 0 bridgehead atoms. The SMILES string of the molecule is Cc1nc2cc(F)cc(-c3cccc(N[C@H]4C[C@@H](C(=O)O)N(C(=O)OCc5ccccc5)C4)n3)c2n1CC1(CN(C)C(=O)OC(C)(C)C)CC1. The fourth-order valence-corrected chi connectivity index (χ4v) is 6.58. The standard InChI is InChI=1S/C37H43FN6O6/c1-23-39-29-17-25(38)16-27(32(29)44(23)22-37(14-15-37)21-42(5)34(47)50-36(2,3)4)28-12-9-13-31(41-28)40-26-18-30(33(45)46)43(19-26)35(48)49-20-24-10-7-6-8-11-24/h6-13,16-17,26,30H,14-15,18-22H2,1-5H3,(H,40,41)(H,45,46)/t26-,30-/m0/s1. The molecule has 2 aliphatic rings. The molecule has 4 aromatic rings. The highest BCUT2D eigenvalue weighted by atomic mass is 19.1. The number of fused-ring (bicyclic) bond motifs is 1. The third-order valence-corrected chi connectivity index (χ3v) is 9.13. The third kappa shape index (κ3) is 7.82. The molecule has 2 aromatic heterocycles. The van der Waals surface area contributed by atoms with Crippen LogP contribution in [0.15, 0.2) is 60.7 Å². The predicted molar refractivity (Wildman–Crippen MR) is 185 cm³/mol. The molecule has 2 N–H and O–H groups in total. The van der Waals surface area contributed by atoms with Crippen LogP contribution in [0.2, 0.25) is 0 Å². The van der Waals surface area contributed by atoms with Gasteiger partial charge in [0.05, 0.1) is 16.7 Å². The average molecular weight is 687 g/mol. The van der Waals surface area contributed by atoms with Crippen molar-refractivity contribution in [3.05, 3.63) is 77.9 Å². The maximum atomic E-state index is 15.1. The topological polar surface area (TPSA) is 139 Å². The summed E-state index contributed by atoms with van der Waals surface area (Å²) in [5, 5.41) is 13.2. The summed E-state index contributed by atoms with van der Waals surface area (Å²) >= 11 is 0. The van der Waals surface area contributed by atoms with Crippen LogP contribution in [0.3, 0.4) is 0 Å². The Bertz CT molecular complexity index is 1900. The Labute approximate surface area is 290 Å². The fourth-order valence-electron chi connectivity index (χ4n) is 6.58. The molecule has 1 aliphatic carbocycles. The van der Waals surface area contributed by atoms with Gasteiger partial charge in [-0.3, -0.25) is 4.90 Å². The smallest absolute Gasteiger partial charge is 0.410 e. The molecular formula is C37H43FN6O6. The van der Waals surface area contributed by atoms with Crippen molar-refractivity contribution in [3.8, 4) is 11.3 Å². The normalized spacial score (nSPS) is 18.2. The van der Waals surface area contributed by atoms with Crippen molar-refractivity contribution < 1.29 is 33.4 Å². The first-order valence-corrected chi connectivity index (χ1v) is 16.7. The molecule has 2 aromatic carbocycles. The Morgan fingerprint density at radius 1 is 1.08 bits per heavy atom. The number of aromatic nitrogens is 3. The highest BCUT2D eigenvalue weighted by molar-refractivity contribution is 5.92. The summed E-state index contributed by atoms with van der Waals surface area (Å²) in [6.07, 6.45) is 0.907. The zero-order valence-corrected chi connectivity index (χ0v) is 29.0. The molecule has 1 saturated carbocycles. The number of nitrogens with zero attached hydrogens (tertiary/aromatic N) is 5. The molecule has 2 atom stereocenters. The van der Waals surface area contributed by atoms with Crippen molar-refractivity contribution in [1.82, 2.24) is 24.3 Å². The second kappa shape index (κ2) is 13.6. The summed E-state index contributed by atoms with van der Waals surface area (Å²) in [5.41, 5.74) is 2.32. The van der Waals surface area contributed by atoms with Gasteiger partial charge < -0.3 is 29.4 Å². The van der Waals surface area contributed by atoms with Crippen LogP contribution < -0.4 is 5.32 Å². The Hall–Kier alpha value is -5.20. The van der Waals surface area contributed by atoms with Crippen LogP contribution in [0.4, 0.5) is 19.8 Å². The average Bonchev–Trinajstić information content (AvgIpc) is 3.55. The number of hydrogen-bond donors (Lipinski definition) is 2. The number of rotatable bonds is 10. The molecule has 0 spiro atoms. The number of benzene rings is 2. The number of likely N-dealkylation sites (tertiary alicyclic amines) is 1. The van der Waals surface area contributed by atoms with E-state index in [1.807, 2.05) is 58.0 Å². The molecule has 2 fully saturated rings. The van der Waals surface area contributed by atoms with E-state index in [-0.39, 0.29) is 31.1 Å². The maximum absolute atomic E-state index is 15.1. The number of aliphatic carboxylic acids is 1. The van der Waals surface area contributed by atoms with Gasteiger partial charge in [0.15, 0.2) is 0 Å². The van der Waals surface area contributed by atoms with E-state index in [1.54, 1.807) is 30.1 Å². The Morgan fingerprint density at radius 3 is 2.50 bits per heavy atom. The van der Waals surface area contributed by atoms with E-state index in [0.29, 0.717) is 35.7 Å². The highest BCUT2D eigenvalue weighted by Gasteiger charge is 2.46. The van der Waals surface area contributed by atoms with Crippen molar-refractivity contribution >= 4 is 35.0 Å². The Kier molecular flexibility index (Phi) is 9.43. The zero-order valence-electron chi connectivity index (χ0n) is 29.0. The number of aryl methyl sites for hydroxylation is 1. The van der Waals surface area contributed by atoms with Gasteiger partial charge in [-0.2, -0.15) is 0 Å². The lowest BCUT2D eigenvalue weighted by Gasteiger charge is -2.28. The van der Waals surface area contributed by atoms with Gasteiger partial charge in [-0.25, -0.2) is 28.7 Å². The lowest BCUT2D eigenvalue weighted by Crippen LogP contribution is -2.41. The summed E-state index contributed by atoms with van der Waals surface area (Å²) in [4.78, 5) is 50.1. The number of anilines is 1. The number of ether oxygens (including phenoxy) is 2. The van der Waals surface area contributed by atoms with Gasteiger partial charge in [0, 0.05) is 56.2 Å². The quantitative estimate of drug-likeness (QED) is 0.192. The fraction of sp³-hybridized carbons (Fsp3) is 0.432. The number of halogens is 1. The summed E-state index contributed by atoms with van der Waals surface area (Å²) < 4.78 is 28.1. The van der Waals surface area contributed by atoms with Crippen molar-refractivity contribution in [2.75, 3.05) is 25.5 Å². The minimum atomic E-state index is -1.12. The molecule has 6 rings (SSSR count). The number of carbonyl (C=O) groups is 3. The lowest BCUT2D eigenvalue weighted by molar-refractivity contribution is -0.141. The van der Waals surface area contributed by atoms with Gasteiger partial charge in [0.25, 0.3) is 0 Å². The maximum Gasteiger partial charge on any atom is 0.410 e. The van der Waals surface area contributed by atoms with Crippen LogP contribution in [0, 0.1) is 18.2 Å². The van der Waals surface area contributed by atoms with E-state index in [0.717, 1.165) is 29.7 Å². The molecule has 13 heteroatoms. The van der Waals surface area contributed by atoms with Gasteiger partial charge in [-0.05, 0) is 64.3 Å². The highest BCUT2D eigenvalue weighted by Crippen LogP contribution is 2.49. The van der Waals surface area contributed by atoms with Crippen molar-refractivity contribution in [1.29, 1.82) is 0 Å². The lowest BCUT2D eigenvalue weighted by atomic mass is 10.0. The van der Waals surface area contributed by atoms with Gasteiger partial charge in [-0.15, -0.1) is 0 Å². The molecule has 1 aliphatic heterocycles. The molecule has 0 unspecified atom stereocenters.